The van der Waals surface area contributed by atoms with E-state index in [2.05, 4.69) is 22.7 Å². The van der Waals surface area contributed by atoms with Gasteiger partial charge in [-0.1, -0.05) is 0 Å². The Hall–Kier alpha value is -1.56. The predicted octanol–water partition coefficient (Wildman–Crippen LogP) is 1.90. The van der Waals surface area contributed by atoms with Gasteiger partial charge in [-0.05, 0) is 34.6 Å². The summed E-state index contributed by atoms with van der Waals surface area (Å²) in [5.41, 5.74) is 1.85. The molecule has 0 aromatic carbocycles. The lowest BCUT2D eigenvalue weighted by molar-refractivity contribution is 0.0528. The Labute approximate surface area is 120 Å². The Kier molecular flexibility index (Phi) is 5.56. The molecule has 1 aromatic rings. The minimum absolute atomic E-state index is 0.198. The maximum Gasteiger partial charge on any atom is 0.407 e. The lowest BCUT2D eigenvalue weighted by Crippen LogP contribution is -2.37. The Morgan fingerprint density at radius 2 is 2.10 bits per heavy atom. The van der Waals surface area contributed by atoms with Crippen molar-refractivity contribution in [2.75, 3.05) is 13.1 Å². The van der Waals surface area contributed by atoms with E-state index < -0.39 is 5.60 Å². The molecule has 6 heteroatoms. The van der Waals surface area contributed by atoms with Gasteiger partial charge in [0.1, 0.15) is 5.60 Å². The number of amides is 1. The van der Waals surface area contributed by atoms with Crippen LogP contribution in [0, 0.1) is 6.92 Å². The van der Waals surface area contributed by atoms with Crippen molar-refractivity contribution in [3.8, 4) is 0 Å². The van der Waals surface area contributed by atoms with Crippen LogP contribution in [-0.4, -0.2) is 34.6 Å². The van der Waals surface area contributed by atoms with Gasteiger partial charge >= 0.3 is 6.09 Å². The van der Waals surface area contributed by atoms with Gasteiger partial charge in [0, 0.05) is 37.4 Å². The van der Waals surface area contributed by atoms with Crippen LogP contribution in [0.15, 0.2) is 6.20 Å². The summed E-state index contributed by atoms with van der Waals surface area (Å²) in [5, 5.41) is 10.3. The van der Waals surface area contributed by atoms with Crippen LogP contribution >= 0.6 is 0 Å². The number of hydrogen-bond donors (Lipinski definition) is 2. The highest BCUT2D eigenvalue weighted by Crippen LogP contribution is 2.15. The van der Waals surface area contributed by atoms with Gasteiger partial charge in [0.2, 0.25) is 0 Å². The highest BCUT2D eigenvalue weighted by Gasteiger charge is 2.16. The first-order valence-electron chi connectivity index (χ1n) is 6.89. The van der Waals surface area contributed by atoms with Crippen LogP contribution in [-0.2, 0) is 11.8 Å². The zero-order chi connectivity index (χ0) is 15.3. The number of aromatic nitrogens is 2. The molecule has 0 bridgehead atoms. The van der Waals surface area contributed by atoms with Crippen LogP contribution in [0.1, 0.15) is 45.0 Å². The van der Waals surface area contributed by atoms with E-state index in [0.717, 1.165) is 5.69 Å². The molecule has 0 aliphatic heterocycles. The first-order valence-corrected chi connectivity index (χ1v) is 6.89. The molecular formula is C14H26N4O2. The number of alkyl carbamates (subject to hydrolysis) is 1. The Morgan fingerprint density at radius 1 is 1.45 bits per heavy atom. The number of nitrogens with zero attached hydrogens (tertiary/aromatic N) is 2. The summed E-state index contributed by atoms with van der Waals surface area (Å²) in [6.07, 6.45) is 1.48. The number of rotatable bonds is 5. The molecule has 0 aliphatic rings. The van der Waals surface area contributed by atoms with Gasteiger partial charge in [-0.2, -0.15) is 5.10 Å². The van der Waals surface area contributed by atoms with Gasteiger partial charge in [0.05, 0.1) is 6.20 Å². The third-order valence-corrected chi connectivity index (χ3v) is 2.98. The summed E-state index contributed by atoms with van der Waals surface area (Å²) >= 11 is 0. The van der Waals surface area contributed by atoms with Crippen molar-refractivity contribution in [1.29, 1.82) is 0 Å². The molecule has 2 N–H and O–H groups in total. The molecule has 1 atom stereocenters. The van der Waals surface area contributed by atoms with Crippen molar-refractivity contribution in [2.45, 2.75) is 46.3 Å². The average molecular weight is 282 g/mol. The van der Waals surface area contributed by atoms with Crippen LogP contribution < -0.4 is 10.6 Å². The van der Waals surface area contributed by atoms with E-state index in [-0.39, 0.29) is 12.1 Å². The summed E-state index contributed by atoms with van der Waals surface area (Å²) in [7, 11) is 1.93. The van der Waals surface area contributed by atoms with Crippen molar-refractivity contribution in [3.63, 3.8) is 0 Å². The molecule has 0 spiro atoms. The number of ether oxygens (including phenoxy) is 1. The molecular weight excluding hydrogens is 256 g/mol. The molecule has 1 aromatic heterocycles. The summed E-state index contributed by atoms with van der Waals surface area (Å²) in [6.45, 7) is 10.9. The van der Waals surface area contributed by atoms with Crippen molar-refractivity contribution in [2.24, 2.45) is 7.05 Å². The third-order valence-electron chi connectivity index (χ3n) is 2.98. The summed E-state index contributed by atoms with van der Waals surface area (Å²) < 4.78 is 7.01. The Morgan fingerprint density at radius 3 is 2.60 bits per heavy atom. The second-order valence-corrected chi connectivity index (χ2v) is 5.91. The van der Waals surface area contributed by atoms with Crippen LogP contribution in [0.5, 0.6) is 0 Å². The van der Waals surface area contributed by atoms with E-state index in [1.165, 1.54) is 5.56 Å². The first-order chi connectivity index (χ1) is 9.20. The van der Waals surface area contributed by atoms with Crippen LogP contribution in [0.3, 0.4) is 0 Å². The Balaban J connectivity index is 2.28. The second kappa shape index (κ2) is 6.74. The number of nitrogens with one attached hydrogen (secondary N) is 2. The van der Waals surface area contributed by atoms with Gasteiger partial charge < -0.3 is 15.4 Å². The lowest BCUT2D eigenvalue weighted by Gasteiger charge is -2.20. The maximum atomic E-state index is 11.5. The number of aryl methyl sites for hydroxylation is 1. The highest BCUT2D eigenvalue weighted by atomic mass is 16.6. The fraction of sp³-hybridized carbons (Fsp3) is 0.714. The molecule has 0 aliphatic carbocycles. The second-order valence-electron chi connectivity index (χ2n) is 5.91. The normalized spacial score (nSPS) is 13.1. The Bertz CT molecular complexity index is 449. The predicted molar refractivity (Wildman–Crippen MR) is 78.6 cm³/mol. The fourth-order valence-corrected chi connectivity index (χ4v) is 1.82. The zero-order valence-corrected chi connectivity index (χ0v) is 13.3. The van der Waals surface area contributed by atoms with Crippen LogP contribution in [0.25, 0.3) is 0 Å². The van der Waals surface area contributed by atoms with Gasteiger partial charge in [0.25, 0.3) is 0 Å². The SMILES string of the molecule is Cc1c(C(C)NCCNC(=O)OC(C)(C)C)cnn1C. The molecule has 0 saturated carbocycles. The lowest BCUT2D eigenvalue weighted by atomic mass is 10.1. The fourth-order valence-electron chi connectivity index (χ4n) is 1.82. The zero-order valence-electron chi connectivity index (χ0n) is 13.3. The van der Waals surface area contributed by atoms with Gasteiger partial charge in [0.15, 0.2) is 0 Å². The maximum absolute atomic E-state index is 11.5. The van der Waals surface area contributed by atoms with Crippen molar-refractivity contribution in [1.82, 2.24) is 20.4 Å². The standard InChI is InChI=1S/C14H26N4O2/c1-10(12-9-17-18(6)11(12)2)15-7-8-16-13(19)20-14(3,4)5/h9-10,15H,7-8H2,1-6H3,(H,16,19). The van der Waals surface area contributed by atoms with E-state index in [9.17, 15) is 4.79 Å². The molecule has 1 heterocycles. The number of carbonyl (C=O) groups excluding carboxylic acids is 1. The largest absolute Gasteiger partial charge is 0.444 e. The van der Waals surface area contributed by atoms with Crippen molar-refractivity contribution in [3.05, 3.63) is 17.5 Å². The summed E-state index contributed by atoms with van der Waals surface area (Å²) in [6, 6.07) is 0.198. The summed E-state index contributed by atoms with van der Waals surface area (Å²) in [4.78, 5) is 11.5. The molecule has 1 amide bonds. The molecule has 0 radical (unpaired) electrons. The van der Waals surface area contributed by atoms with E-state index in [1.54, 1.807) is 0 Å². The summed E-state index contributed by atoms with van der Waals surface area (Å²) in [5.74, 6) is 0. The smallest absolute Gasteiger partial charge is 0.407 e. The van der Waals surface area contributed by atoms with Crippen molar-refractivity contribution >= 4 is 6.09 Å². The minimum atomic E-state index is -0.461. The van der Waals surface area contributed by atoms with E-state index in [4.69, 9.17) is 4.74 Å². The van der Waals surface area contributed by atoms with Crippen LogP contribution in [0.2, 0.25) is 0 Å². The highest BCUT2D eigenvalue weighted by molar-refractivity contribution is 5.67. The average Bonchev–Trinajstić information content (AvgIpc) is 2.63. The molecule has 1 rings (SSSR count). The molecule has 0 fully saturated rings. The third kappa shape index (κ3) is 5.21. The van der Waals surface area contributed by atoms with Crippen molar-refractivity contribution < 1.29 is 9.53 Å². The molecule has 1 unspecified atom stereocenters. The molecule has 0 saturated heterocycles. The van der Waals surface area contributed by atoms with E-state index in [1.807, 2.05) is 45.6 Å². The first kappa shape index (κ1) is 16.5. The quantitative estimate of drug-likeness (QED) is 0.809. The minimum Gasteiger partial charge on any atom is -0.444 e. The van der Waals surface area contributed by atoms with E-state index >= 15 is 0 Å². The number of hydrogen-bond acceptors (Lipinski definition) is 4. The topological polar surface area (TPSA) is 68.2 Å². The molecule has 6 nitrogen and oxygen atoms in total. The molecule has 20 heavy (non-hydrogen) atoms. The number of carbonyl (C=O) groups is 1. The monoisotopic (exact) mass is 282 g/mol. The van der Waals surface area contributed by atoms with Gasteiger partial charge in [-0.15, -0.1) is 0 Å². The van der Waals surface area contributed by atoms with E-state index in [0.29, 0.717) is 13.1 Å². The van der Waals surface area contributed by atoms with Gasteiger partial charge in [-0.25, -0.2) is 4.79 Å². The van der Waals surface area contributed by atoms with Crippen LogP contribution in [0.4, 0.5) is 4.79 Å². The molecule has 114 valence electrons. The van der Waals surface area contributed by atoms with Gasteiger partial charge in [-0.3, -0.25) is 4.68 Å².